The third-order valence-electron chi connectivity index (χ3n) is 4.70. The molecule has 1 aromatic carbocycles. The van der Waals surface area contributed by atoms with Crippen molar-refractivity contribution >= 4 is 23.8 Å². The van der Waals surface area contributed by atoms with Gasteiger partial charge < -0.3 is 9.69 Å². The Bertz CT molecular complexity index is 510. The summed E-state index contributed by atoms with van der Waals surface area (Å²) in [6, 6.07) is 8.10. The molecule has 1 fully saturated rings. The average molecular weight is 322 g/mol. The fourth-order valence-electron chi connectivity index (χ4n) is 3.45. The van der Waals surface area contributed by atoms with Gasteiger partial charge >= 0.3 is 0 Å². The summed E-state index contributed by atoms with van der Waals surface area (Å²) in [5.41, 5.74) is 1.13. The third kappa shape index (κ3) is 3.52. The molecule has 1 aliphatic rings. The van der Waals surface area contributed by atoms with Gasteiger partial charge in [-0.25, -0.2) is 0 Å². The molecule has 0 aliphatic carbocycles. The number of carbonyl (C=O) groups excluding carboxylic acids is 2. The molecule has 22 heavy (non-hydrogen) atoms. The van der Waals surface area contributed by atoms with Gasteiger partial charge in [0.2, 0.25) is 5.91 Å². The first-order chi connectivity index (χ1) is 10.6. The number of rotatable bonds is 6. The second-order valence-electron chi connectivity index (χ2n) is 5.96. The van der Waals surface area contributed by atoms with E-state index in [0.717, 1.165) is 37.5 Å². The van der Waals surface area contributed by atoms with E-state index >= 15 is 0 Å². The molecule has 0 bridgehead atoms. The maximum atomic E-state index is 12.9. The van der Waals surface area contributed by atoms with Crippen LogP contribution in [0.3, 0.4) is 0 Å². The number of halogens is 1. The third-order valence-corrected chi connectivity index (χ3v) is 4.95. The monoisotopic (exact) mass is 321 g/mol. The average Bonchev–Trinajstić information content (AvgIpc) is 2.53. The molecule has 0 N–H and O–H groups in total. The van der Waals surface area contributed by atoms with E-state index in [2.05, 4.69) is 13.8 Å². The van der Waals surface area contributed by atoms with E-state index in [-0.39, 0.29) is 23.9 Å². The lowest BCUT2D eigenvalue weighted by molar-refractivity contribution is -0.146. The summed E-state index contributed by atoms with van der Waals surface area (Å²) in [6.07, 6.45) is 4.75. The zero-order valence-electron chi connectivity index (χ0n) is 13.3. The maximum absolute atomic E-state index is 12.9. The summed E-state index contributed by atoms with van der Waals surface area (Å²) in [6.45, 7) is 4.23. The second kappa shape index (κ2) is 7.77. The van der Waals surface area contributed by atoms with E-state index in [1.165, 1.54) is 0 Å². The minimum atomic E-state index is -0.151. The Morgan fingerprint density at radius 1 is 1.23 bits per heavy atom. The Hall–Kier alpha value is -1.35. The number of hydrogen-bond acceptors (Lipinski definition) is 2. The van der Waals surface area contributed by atoms with Gasteiger partial charge in [-0.2, -0.15) is 0 Å². The van der Waals surface area contributed by atoms with Crippen LogP contribution in [0.4, 0.5) is 0 Å². The van der Waals surface area contributed by atoms with Crippen LogP contribution in [0.1, 0.15) is 57.6 Å². The molecule has 1 heterocycles. The molecule has 2 unspecified atom stereocenters. The minimum absolute atomic E-state index is 0.0950. The van der Waals surface area contributed by atoms with Crippen LogP contribution in [0, 0.1) is 5.92 Å². The predicted molar refractivity (Wildman–Crippen MR) is 88.8 cm³/mol. The predicted octanol–water partition coefficient (Wildman–Crippen LogP) is 4.40. The van der Waals surface area contributed by atoms with Crippen LogP contribution in [-0.4, -0.2) is 23.1 Å². The van der Waals surface area contributed by atoms with Crippen LogP contribution < -0.4 is 0 Å². The van der Waals surface area contributed by atoms with Crippen LogP contribution in [0.2, 0.25) is 5.02 Å². The van der Waals surface area contributed by atoms with Crippen molar-refractivity contribution in [2.45, 2.75) is 58.0 Å². The Morgan fingerprint density at radius 2 is 1.86 bits per heavy atom. The molecule has 0 radical (unpaired) electrons. The molecule has 2 atom stereocenters. The van der Waals surface area contributed by atoms with E-state index in [0.29, 0.717) is 11.4 Å². The normalized spacial score (nSPS) is 22.2. The fraction of sp³-hybridized carbons (Fsp3) is 0.556. The molecule has 120 valence electrons. The van der Waals surface area contributed by atoms with Gasteiger partial charge in [-0.3, -0.25) is 4.79 Å². The van der Waals surface area contributed by atoms with Gasteiger partial charge in [-0.15, -0.1) is 0 Å². The van der Waals surface area contributed by atoms with E-state index in [1.54, 1.807) is 0 Å². The number of piperidine rings is 1. The van der Waals surface area contributed by atoms with Crippen LogP contribution >= 0.6 is 11.6 Å². The molecule has 2 rings (SSSR count). The molecule has 0 aromatic heterocycles. The molecule has 3 nitrogen and oxygen atoms in total. The lowest BCUT2D eigenvalue weighted by atomic mass is 9.85. The first-order valence-corrected chi connectivity index (χ1v) is 8.51. The zero-order chi connectivity index (χ0) is 16.1. The van der Waals surface area contributed by atoms with Gasteiger partial charge in [0.25, 0.3) is 0 Å². The van der Waals surface area contributed by atoms with Gasteiger partial charge in [-0.05, 0) is 43.4 Å². The van der Waals surface area contributed by atoms with E-state index in [1.807, 2.05) is 29.2 Å². The number of amides is 1. The lowest BCUT2D eigenvalue weighted by Gasteiger charge is -2.43. The van der Waals surface area contributed by atoms with Crippen molar-refractivity contribution in [3.8, 4) is 0 Å². The highest BCUT2D eigenvalue weighted by atomic mass is 35.5. The van der Waals surface area contributed by atoms with Crippen LogP contribution in [-0.2, 0) is 9.59 Å². The number of benzene rings is 1. The van der Waals surface area contributed by atoms with Gasteiger partial charge in [0.15, 0.2) is 0 Å². The van der Waals surface area contributed by atoms with Crippen LogP contribution in [0.25, 0.3) is 0 Å². The van der Waals surface area contributed by atoms with Gasteiger partial charge in [0.05, 0.1) is 6.04 Å². The molecule has 4 heteroatoms. The highest BCUT2D eigenvalue weighted by Gasteiger charge is 2.38. The Labute approximate surface area is 137 Å². The minimum Gasteiger partial charge on any atom is -0.332 e. The first kappa shape index (κ1) is 17.0. The Balaban J connectivity index is 2.32. The summed E-state index contributed by atoms with van der Waals surface area (Å²) in [7, 11) is 0. The van der Waals surface area contributed by atoms with Crippen LogP contribution in [0.15, 0.2) is 24.3 Å². The molecule has 1 aromatic rings. The van der Waals surface area contributed by atoms with Crippen molar-refractivity contribution in [2.24, 2.45) is 5.92 Å². The SMILES string of the molecule is CCC(CC)N1C(=O)C(CC=O)CCC1c1ccc(Cl)cc1. The van der Waals surface area contributed by atoms with Crippen molar-refractivity contribution in [3.63, 3.8) is 0 Å². The molecular formula is C18H24ClNO2. The molecule has 1 amide bonds. The smallest absolute Gasteiger partial charge is 0.226 e. The van der Waals surface area contributed by atoms with Gasteiger partial charge in [-0.1, -0.05) is 37.6 Å². The quantitative estimate of drug-likeness (QED) is 0.728. The largest absolute Gasteiger partial charge is 0.332 e. The van der Waals surface area contributed by atoms with Crippen molar-refractivity contribution in [3.05, 3.63) is 34.9 Å². The van der Waals surface area contributed by atoms with Gasteiger partial charge in [0, 0.05) is 23.4 Å². The summed E-state index contributed by atoms with van der Waals surface area (Å²) < 4.78 is 0. The lowest BCUT2D eigenvalue weighted by Crippen LogP contribution is -2.48. The summed E-state index contributed by atoms with van der Waals surface area (Å²) in [5, 5.41) is 0.707. The van der Waals surface area contributed by atoms with E-state index < -0.39 is 0 Å². The number of nitrogens with zero attached hydrogens (tertiary/aromatic N) is 1. The Morgan fingerprint density at radius 3 is 2.41 bits per heavy atom. The second-order valence-corrected chi connectivity index (χ2v) is 6.40. The summed E-state index contributed by atoms with van der Waals surface area (Å²) in [4.78, 5) is 25.7. The van der Waals surface area contributed by atoms with Crippen molar-refractivity contribution < 1.29 is 9.59 Å². The molecular weight excluding hydrogens is 298 g/mol. The van der Waals surface area contributed by atoms with E-state index in [9.17, 15) is 9.59 Å². The van der Waals surface area contributed by atoms with E-state index in [4.69, 9.17) is 11.6 Å². The van der Waals surface area contributed by atoms with Crippen LogP contribution in [0.5, 0.6) is 0 Å². The number of hydrogen-bond donors (Lipinski definition) is 0. The Kier molecular flexibility index (Phi) is 6.01. The van der Waals surface area contributed by atoms with Gasteiger partial charge in [0.1, 0.15) is 6.29 Å². The standard InChI is InChI=1S/C18H24ClNO2/c1-3-16(4-2)20-17(13-5-8-15(19)9-6-13)10-7-14(11-12-21)18(20)22/h5-6,8-9,12,14,16-17H,3-4,7,10-11H2,1-2H3. The number of aldehydes is 1. The van der Waals surface area contributed by atoms with Crippen molar-refractivity contribution in [2.75, 3.05) is 0 Å². The molecule has 1 aliphatic heterocycles. The highest BCUT2D eigenvalue weighted by molar-refractivity contribution is 6.30. The number of likely N-dealkylation sites (tertiary alicyclic amines) is 1. The maximum Gasteiger partial charge on any atom is 0.226 e. The summed E-state index contributed by atoms with van der Waals surface area (Å²) >= 11 is 5.98. The zero-order valence-corrected chi connectivity index (χ0v) is 14.1. The fourth-order valence-corrected chi connectivity index (χ4v) is 3.58. The number of carbonyl (C=O) groups is 2. The molecule has 0 saturated carbocycles. The van der Waals surface area contributed by atoms with Crippen molar-refractivity contribution in [1.82, 2.24) is 4.90 Å². The molecule has 0 spiro atoms. The first-order valence-electron chi connectivity index (χ1n) is 8.13. The topological polar surface area (TPSA) is 37.4 Å². The van der Waals surface area contributed by atoms with Crippen molar-refractivity contribution in [1.29, 1.82) is 0 Å². The highest BCUT2D eigenvalue weighted by Crippen LogP contribution is 2.38. The summed E-state index contributed by atoms with van der Waals surface area (Å²) in [5.74, 6) is -0.0198. The molecule has 1 saturated heterocycles.